The smallest absolute Gasteiger partial charge is 0.238 e. The number of piperidine rings is 1. The van der Waals surface area contributed by atoms with E-state index in [0.717, 1.165) is 25.9 Å². The molecule has 1 aromatic rings. The second kappa shape index (κ2) is 6.13. The number of carbonyl (C=O) groups excluding carboxylic acids is 1. The largest absolute Gasteiger partial charge is 0.327 e. The Labute approximate surface area is 111 Å². The molecule has 1 fully saturated rings. The lowest BCUT2D eigenvalue weighted by Gasteiger charge is -2.29. The number of pyridine rings is 1. The van der Waals surface area contributed by atoms with Crippen LogP contribution in [0, 0.1) is 0 Å². The van der Waals surface area contributed by atoms with Gasteiger partial charge in [0.25, 0.3) is 0 Å². The molecule has 3 N–H and O–H groups in total. The van der Waals surface area contributed by atoms with E-state index < -0.39 is 0 Å². The molecule has 1 aliphatic heterocycles. The van der Waals surface area contributed by atoms with Crippen LogP contribution in [-0.4, -0.2) is 41.5 Å². The number of amides is 1. The molecule has 18 heavy (non-hydrogen) atoms. The average molecular weight is 269 g/mol. The SMILES string of the molecule is N[C@@H]1CCCN(CC(=O)Nc2cccnc2Cl)C1. The number of rotatable bonds is 3. The monoisotopic (exact) mass is 268 g/mol. The number of nitrogens with one attached hydrogen (secondary N) is 1. The molecule has 1 atom stereocenters. The summed E-state index contributed by atoms with van der Waals surface area (Å²) in [6.07, 6.45) is 3.66. The predicted molar refractivity (Wildman–Crippen MR) is 71.5 cm³/mol. The van der Waals surface area contributed by atoms with E-state index in [0.29, 0.717) is 17.4 Å². The van der Waals surface area contributed by atoms with Gasteiger partial charge in [0.1, 0.15) is 0 Å². The van der Waals surface area contributed by atoms with Crippen LogP contribution in [0.3, 0.4) is 0 Å². The molecule has 0 aliphatic carbocycles. The molecule has 6 heteroatoms. The normalized spacial score (nSPS) is 20.7. The Morgan fingerprint density at radius 3 is 3.22 bits per heavy atom. The van der Waals surface area contributed by atoms with Gasteiger partial charge in [-0.25, -0.2) is 4.98 Å². The van der Waals surface area contributed by atoms with Crippen LogP contribution >= 0.6 is 11.6 Å². The first-order valence-electron chi connectivity index (χ1n) is 6.03. The summed E-state index contributed by atoms with van der Waals surface area (Å²) in [6.45, 7) is 2.04. The van der Waals surface area contributed by atoms with Gasteiger partial charge < -0.3 is 11.1 Å². The highest BCUT2D eigenvalue weighted by molar-refractivity contribution is 6.32. The lowest BCUT2D eigenvalue weighted by molar-refractivity contribution is -0.117. The van der Waals surface area contributed by atoms with Crippen molar-refractivity contribution in [2.24, 2.45) is 5.73 Å². The van der Waals surface area contributed by atoms with E-state index in [9.17, 15) is 4.79 Å². The summed E-state index contributed by atoms with van der Waals surface area (Å²) in [5.41, 5.74) is 6.42. The van der Waals surface area contributed by atoms with Gasteiger partial charge in [0.05, 0.1) is 12.2 Å². The highest BCUT2D eigenvalue weighted by Crippen LogP contribution is 2.17. The van der Waals surface area contributed by atoms with Crippen molar-refractivity contribution in [1.29, 1.82) is 0 Å². The lowest BCUT2D eigenvalue weighted by Crippen LogP contribution is -2.45. The van der Waals surface area contributed by atoms with Gasteiger partial charge in [-0.3, -0.25) is 9.69 Å². The minimum absolute atomic E-state index is 0.0843. The number of hydrogen-bond acceptors (Lipinski definition) is 4. The Morgan fingerprint density at radius 1 is 1.67 bits per heavy atom. The molecule has 5 nitrogen and oxygen atoms in total. The number of halogens is 1. The molecule has 0 radical (unpaired) electrons. The summed E-state index contributed by atoms with van der Waals surface area (Å²) < 4.78 is 0. The topological polar surface area (TPSA) is 71.2 Å². The van der Waals surface area contributed by atoms with Gasteiger partial charge in [0.15, 0.2) is 5.15 Å². The fraction of sp³-hybridized carbons (Fsp3) is 0.500. The van der Waals surface area contributed by atoms with Crippen LogP contribution in [-0.2, 0) is 4.79 Å². The third kappa shape index (κ3) is 3.66. The van der Waals surface area contributed by atoms with E-state index in [1.165, 1.54) is 0 Å². The van der Waals surface area contributed by atoms with Gasteiger partial charge in [-0.05, 0) is 31.5 Å². The summed E-state index contributed by atoms with van der Waals surface area (Å²) in [5, 5.41) is 3.06. The fourth-order valence-electron chi connectivity index (χ4n) is 2.11. The molecule has 1 amide bonds. The molecule has 0 aromatic carbocycles. The second-order valence-corrected chi connectivity index (χ2v) is 4.89. The number of likely N-dealkylation sites (tertiary alicyclic amines) is 1. The Hall–Kier alpha value is -1.17. The molecule has 1 saturated heterocycles. The predicted octanol–water partition coefficient (Wildman–Crippen LogP) is 1.10. The Bertz CT molecular complexity index is 426. The van der Waals surface area contributed by atoms with Gasteiger partial charge in [-0.1, -0.05) is 11.6 Å². The summed E-state index contributed by atoms with van der Waals surface area (Å²) in [7, 11) is 0. The number of hydrogen-bond donors (Lipinski definition) is 2. The van der Waals surface area contributed by atoms with E-state index in [1.54, 1.807) is 18.3 Å². The van der Waals surface area contributed by atoms with E-state index in [-0.39, 0.29) is 11.9 Å². The van der Waals surface area contributed by atoms with Crippen molar-refractivity contribution < 1.29 is 4.79 Å². The third-order valence-electron chi connectivity index (χ3n) is 2.94. The number of carbonyl (C=O) groups is 1. The number of anilines is 1. The van der Waals surface area contributed by atoms with Crippen molar-refractivity contribution in [1.82, 2.24) is 9.88 Å². The van der Waals surface area contributed by atoms with E-state index in [1.807, 2.05) is 0 Å². The van der Waals surface area contributed by atoms with Crippen LogP contribution in [0.2, 0.25) is 5.15 Å². The van der Waals surface area contributed by atoms with Crippen molar-refractivity contribution in [3.05, 3.63) is 23.5 Å². The maximum atomic E-state index is 11.9. The van der Waals surface area contributed by atoms with Crippen LogP contribution in [0.25, 0.3) is 0 Å². The van der Waals surface area contributed by atoms with E-state index in [2.05, 4.69) is 15.2 Å². The molecular formula is C12H17ClN4O. The fourth-order valence-corrected chi connectivity index (χ4v) is 2.27. The van der Waals surface area contributed by atoms with Crippen LogP contribution in [0.5, 0.6) is 0 Å². The first kappa shape index (κ1) is 13.3. The second-order valence-electron chi connectivity index (χ2n) is 4.53. The molecule has 0 saturated carbocycles. The van der Waals surface area contributed by atoms with Crippen LogP contribution in [0.15, 0.2) is 18.3 Å². The molecule has 1 aromatic heterocycles. The van der Waals surface area contributed by atoms with Crippen LogP contribution in [0.4, 0.5) is 5.69 Å². The zero-order chi connectivity index (χ0) is 13.0. The first-order chi connectivity index (χ1) is 8.65. The van der Waals surface area contributed by atoms with Gasteiger partial charge in [0.2, 0.25) is 5.91 Å². The van der Waals surface area contributed by atoms with Gasteiger partial charge in [-0.2, -0.15) is 0 Å². The molecule has 0 unspecified atom stereocenters. The minimum Gasteiger partial charge on any atom is -0.327 e. The Balaban J connectivity index is 1.87. The lowest BCUT2D eigenvalue weighted by atomic mass is 10.1. The zero-order valence-electron chi connectivity index (χ0n) is 10.1. The van der Waals surface area contributed by atoms with Crippen LogP contribution in [0.1, 0.15) is 12.8 Å². The summed E-state index contributed by atoms with van der Waals surface area (Å²) >= 11 is 5.87. The van der Waals surface area contributed by atoms with Crippen molar-refractivity contribution in [3.63, 3.8) is 0 Å². The van der Waals surface area contributed by atoms with Crippen molar-refractivity contribution in [2.45, 2.75) is 18.9 Å². The molecule has 2 rings (SSSR count). The quantitative estimate of drug-likeness (QED) is 0.806. The van der Waals surface area contributed by atoms with Gasteiger partial charge >= 0.3 is 0 Å². The average Bonchev–Trinajstić information content (AvgIpc) is 2.32. The Morgan fingerprint density at radius 2 is 2.50 bits per heavy atom. The molecular weight excluding hydrogens is 252 g/mol. The van der Waals surface area contributed by atoms with E-state index in [4.69, 9.17) is 17.3 Å². The van der Waals surface area contributed by atoms with Crippen molar-refractivity contribution in [2.75, 3.05) is 25.0 Å². The first-order valence-corrected chi connectivity index (χ1v) is 6.41. The van der Waals surface area contributed by atoms with Gasteiger partial charge in [-0.15, -0.1) is 0 Å². The Kier molecular flexibility index (Phi) is 4.52. The molecule has 1 aliphatic rings. The maximum Gasteiger partial charge on any atom is 0.238 e. The molecule has 2 heterocycles. The summed E-state index contributed by atoms with van der Waals surface area (Å²) in [6, 6.07) is 3.64. The summed E-state index contributed by atoms with van der Waals surface area (Å²) in [4.78, 5) is 17.8. The molecule has 0 bridgehead atoms. The third-order valence-corrected chi connectivity index (χ3v) is 3.24. The minimum atomic E-state index is -0.0843. The summed E-state index contributed by atoms with van der Waals surface area (Å²) in [5.74, 6) is -0.0843. The zero-order valence-corrected chi connectivity index (χ0v) is 10.9. The van der Waals surface area contributed by atoms with Crippen LogP contribution < -0.4 is 11.1 Å². The molecule has 0 spiro atoms. The van der Waals surface area contributed by atoms with Gasteiger partial charge in [0, 0.05) is 18.8 Å². The highest BCUT2D eigenvalue weighted by Gasteiger charge is 2.19. The number of nitrogens with two attached hydrogens (primary N) is 1. The maximum absolute atomic E-state index is 11.9. The van der Waals surface area contributed by atoms with Crippen molar-refractivity contribution >= 4 is 23.2 Å². The highest BCUT2D eigenvalue weighted by atomic mass is 35.5. The van der Waals surface area contributed by atoms with E-state index >= 15 is 0 Å². The molecule has 98 valence electrons. The standard InChI is InChI=1S/C12H17ClN4O/c13-12-10(4-1-5-15-12)16-11(18)8-17-6-2-3-9(14)7-17/h1,4-5,9H,2-3,6-8,14H2,(H,16,18)/t9-/m1/s1. The van der Waals surface area contributed by atoms with Crippen molar-refractivity contribution in [3.8, 4) is 0 Å². The number of nitrogens with zero attached hydrogens (tertiary/aromatic N) is 2. The number of aromatic nitrogens is 1.